The number of nitrogen functional groups attached to an aromatic ring is 1. The number of pyridine rings is 1. The van der Waals surface area contributed by atoms with E-state index in [0.717, 1.165) is 16.9 Å². The number of fused-ring (bicyclic) bond motifs is 1. The quantitative estimate of drug-likeness (QED) is 0.684. The maximum absolute atomic E-state index is 12.7. The molecule has 0 unspecified atom stereocenters. The van der Waals surface area contributed by atoms with E-state index < -0.39 is 0 Å². The number of aromatic amines is 1. The number of rotatable bonds is 2. The molecule has 0 bridgehead atoms. The van der Waals surface area contributed by atoms with Crippen molar-refractivity contribution >= 4 is 56.2 Å². The molecule has 3 aromatic rings. The zero-order valence-corrected chi connectivity index (χ0v) is 13.7. The summed E-state index contributed by atoms with van der Waals surface area (Å²) in [4.78, 5) is 27.9. The topological polar surface area (TPSA) is 76.0 Å². The molecule has 22 heavy (non-hydrogen) atoms. The molecule has 0 saturated heterocycles. The number of aryl methyl sites for hydroxylation is 1. The van der Waals surface area contributed by atoms with E-state index in [1.165, 1.54) is 12.1 Å². The Kier molecular flexibility index (Phi) is 3.72. The summed E-state index contributed by atoms with van der Waals surface area (Å²) in [6.07, 6.45) is 0. The number of hydrogen-bond acceptors (Lipinski definition) is 4. The zero-order chi connectivity index (χ0) is 16.0. The van der Waals surface area contributed by atoms with Crippen LogP contribution in [0.2, 0.25) is 10.0 Å². The number of benzene rings is 1. The average Bonchev–Trinajstić information content (AvgIpc) is 2.77. The highest BCUT2D eigenvalue weighted by Crippen LogP contribution is 2.36. The molecule has 0 spiro atoms. The summed E-state index contributed by atoms with van der Waals surface area (Å²) in [6.45, 7) is 1.78. The molecule has 112 valence electrons. The van der Waals surface area contributed by atoms with E-state index in [1.807, 2.05) is 0 Å². The molecule has 3 rings (SSSR count). The van der Waals surface area contributed by atoms with Crippen LogP contribution in [-0.4, -0.2) is 10.8 Å². The number of nitrogens with two attached hydrogens (primary N) is 1. The van der Waals surface area contributed by atoms with Crippen molar-refractivity contribution in [1.82, 2.24) is 4.98 Å². The van der Waals surface area contributed by atoms with Gasteiger partial charge in [-0.1, -0.05) is 23.2 Å². The lowest BCUT2D eigenvalue weighted by atomic mass is 10.1. The first-order valence-electron chi connectivity index (χ1n) is 6.30. The number of nitrogens with one attached hydrogen (secondary N) is 1. The first kappa shape index (κ1) is 15.1. The van der Waals surface area contributed by atoms with Gasteiger partial charge in [-0.2, -0.15) is 0 Å². The molecule has 2 heterocycles. The number of thiophene rings is 1. The molecule has 2 aromatic heterocycles. The van der Waals surface area contributed by atoms with Crippen LogP contribution in [0.25, 0.3) is 10.2 Å². The third-order valence-corrected chi connectivity index (χ3v) is 4.99. The van der Waals surface area contributed by atoms with Crippen molar-refractivity contribution in [2.24, 2.45) is 0 Å². The van der Waals surface area contributed by atoms with Crippen molar-refractivity contribution in [1.29, 1.82) is 0 Å². The average molecular weight is 353 g/mol. The van der Waals surface area contributed by atoms with Gasteiger partial charge >= 0.3 is 0 Å². The second kappa shape index (κ2) is 5.43. The first-order chi connectivity index (χ1) is 10.4. The summed E-state index contributed by atoms with van der Waals surface area (Å²) in [5, 5.41) is 1.40. The Morgan fingerprint density at radius 3 is 2.73 bits per heavy atom. The number of aromatic nitrogens is 1. The van der Waals surface area contributed by atoms with Crippen molar-refractivity contribution in [2.45, 2.75) is 6.92 Å². The molecule has 7 heteroatoms. The second-order valence-corrected chi connectivity index (χ2v) is 6.68. The highest BCUT2D eigenvalue weighted by molar-refractivity contribution is 7.21. The standard InChI is InChI=1S/C15H10Cl2N2O2S/c1-6-4-10(20)19-15-11(6)12(18)14(22-15)13(21)8-5-7(16)2-3-9(8)17/h2-5H,18H2,1H3,(H,19,20). The van der Waals surface area contributed by atoms with Crippen LogP contribution < -0.4 is 11.3 Å². The third kappa shape index (κ3) is 2.41. The predicted octanol–water partition coefficient (Wildman–Crippen LogP) is 4.02. The van der Waals surface area contributed by atoms with Crippen LogP contribution in [0.5, 0.6) is 0 Å². The predicted molar refractivity (Wildman–Crippen MR) is 91.5 cm³/mol. The minimum Gasteiger partial charge on any atom is -0.397 e. The molecule has 1 aromatic carbocycles. The molecule has 0 aliphatic rings. The molecule has 0 atom stereocenters. The summed E-state index contributed by atoms with van der Waals surface area (Å²) < 4.78 is 0. The lowest BCUT2D eigenvalue weighted by Crippen LogP contribution is -2.04. The minimum atomic E-state index is -0.313. The van der Waals surface area contributed by atoms with Crippen LogP contribution in [0.1, 0.15) is 20.8 Å². The van der Waals surface area contributed by atoms with E-state index in [2.05, 4.69) is 4.98 Å². The minimum absolute atomic E-state index is 0.231. The van der Waals surface area contributed by atoms with E-state index in [1.54, 1.807) is 19.1 Å². The monoisotopic (exact) mass is 352 g/mol. The van der Waals surface area contributed by atoms with Crippen LogP contribution in [0, 0.1) is 6.92 Å². The fourth-order valence-corrected chi connectivity index (χ4v) is 3.82. The van der Waals surface area contributed by atoms with E-state index in [-0.39, 0.29) is 16.9 Å². The number of anilines is 1. The van der Waals surface area contributed by atoms with Crippen molar-refractivity contribution < 1.29 is 4.79 Å². The number of halogens is 2. The molecule has 0 saturated carbocycles. The SMILES string of the molecule is Cc1cc(=O)[nH]c2sc(C(=O)c3cc(Cl)ccc3Cl)c(N)c12. The van der Waals surface area contributed by atoms with Crippen molar-refractivity contribution in [3.63, 3.8) is 0 Å². The molecule has 0 radical (unpaired) electrons. The van der Waals surface area contributed by atoms with Gasteiger partial charge < -0.3 is 10.7 Å². The van der Waals surface area contributed by atoms with Gasteiger partial charge in [0.15, 0.2) is 0 Å². The molecule has 3 N–H and O–H groups in total. The number of carbonyl (C=O) groups is 1. The van der Waals surface area contributed by atoms with E-state index in [9.17, 15) is 9.59 Å². The van der Waals surface area contributed by atoms with Gasteiger partial charge in [-0.25, -0.2) is 0 Å². The molecule has 0 fully saturated rings. The number of hydrogen-bond donors (Lipinski definition) is 2. The van der Waals surface area contributed by atoms with Gasteiger partial charge in [0.2, 0.25) is 11.3 Å². The zero-order valence-electron chi connectivity index (χ0n) is 11.4. The highest BCUT2D eigenvalue weighted by atomic mass is 35.5. The van der Waals surface area contributed by atoms with Crippen molar-refractivity contribution in [3.8, 4) is 0 Å². The summed E-state index contributed by atoms with van der Waals surface area (Å²) in [7, 11) is 0. The van der Waals surface area contributed by atoms with Crippen LogP contribution in [0.4, 0.5) is 5.69 Å². The fourth-order valence-electron chi connectivity index (χ4n) is 2.30. The van der Waals surface area contributed by atoms with E-state index >= 15 is 0 Å². The van der Waals surface area contributed by atoms with Crippen LogP contribution in [0.15, 0.2) is 29.1 Å². The number of H-pyrrole nitrogens is 1. The van der Waals surface area contributed by atoms with Gasteiger partial charge in [-0.05, 0) is 30.7 Å². The van der Waals surface area contributed by atoms with Crippen LogP contribution in [-0.2, 0) is 0 Å². The molecular formula is C15H10Cl2N2O2S. The maximum atomic E-state index is 12.7. The Morgan fingerprint density at radius 1 is 1.27 bits per heavy atom. The summed E-state index contributed by atoms with van der Waals surface area (Å²) >= 11 is 13.1. The number of ketones is 1. The van der Waals surface area contributed by atoms with Gasteiger partial charge in [0, 0.05) is 22.0 Å². The van der Waals surface area contributed by atoms with Gasteiger partial charge in [-0.3, -0.25) is 9.59 Å². The van der Waals surface area contributed by atoms with Gasteiger partial charge in [0.25, 0.3) is 0 Å². The van der Waals surface area contributed by atoms with Gasteiger partial charge in [-0.15, -0.1) is 11.3 Å². The first-order valence-corrected chi connectivity index (χ1v) is 7.87. The Morgan fingerprint density at radius 2 is 2.00 bits per heavy atom. The van der Waals surface area contributed by atoms with Crippen molar-refractivity contribution in [2.75, 3.05) is 5.73 Å². The molecule has 4 nitrogen and oxygen atoms in total. The van der Waals surface area contributed by atoms with E-state index in [0.29, 0.717) is 30.8 Å². The Hall–Kier alpha value is -1.82. The lowest BCUT2D eigenvalue weighted by molar-refractivity contribution is 0.104. The van der Waals surface area contributed by atoms with Crippen molar-refractivity contribution in [3.05, 3.63) is 60.7 Å². The molecular weight excluding hydrogens is 343 g/mol. The maximum Gasteiger partial charge on any atom is 0.249 e. The second-order valence-electron chi connectivity index (χ2n) is 4.82. The smallest absolute Gasteiger partial charge is 0.249 e. The van der Waals surface area contributed by atoms with Crippen LogP contribution >= 0.6 is 34.5 Å². The van der Waals surface area contributed by atoms with Gasteiger partial charge in [0.1, 0.15) is 9.71 Å². The third-order valence-electron chi connectivity index (χ3n) is 3.30. The molecule has 0 aliphatic heterocycles. The summed E-state index contributed by atoms with van der Waals surface area (Å²) in [6, 6.07) is 6.13. The lowest BCUT2D eigenvalue weighted by Gasteiger charge is -2.03. The number of carbonyl (C=O) groups excluding carboxylic acids is 1. The molecule has 0 aliphatic carbocycles. The fraction of sp³-hybridized carbons (Fsp3) is 0.0667. The van der Waals surface area contributed by atoms with E-state index in [4.69, 9.17) is 28.9 Å². The summed E-state index contributed by atoms with van der Waals surface area (Å²) in [5.41, 5.74) is 7.23. The normalized spacial score (nSPS) is 11.0. The van der Waals surface area contributed by atoms with Crippen LogP contribution in [0.3, 0.4) is 0 Å². The van der Waals surface area contributed by atoms with Gasteiger partial charge in [0.05, 0.1) is 10.7 Å². The Labute approximate surface area is 139 Å². The Bertz CT molecular complexity index is 976. The molecule has 0 amide bonds. The Balaban J connectivity index is 2.24. The largest absolute Gasteiger partial charge is 0.397 e. The summed E-state index contributed by atoms with van der Waals surface area (Å²) in [5.74, 6) is -0.313. The highest BCUT2D eigenvalue weighted by Gasteiger charge is 2.21.